The van der Waals surface area contributed by atoms with E-state index in [1.165, 1.54) is 0 Å². The number of hydrogen-bond acceptors (Lipinski definition) is 3. The van der Waals surface area contributed by atoms with Gasteiger partial charge in [0.15, 0.2) is 0 Å². The summed E-state index contributed by atoms with van der Waals surface area (Å²) < 4.78 is 0. The Morgan fingerprint density at radius 2 is 2.14 bits per heavy atom. The van der Waals surface area contributed by atoms with Crippen LogP contribution in [-0.2, 0) is 9.59 Å². The molecule has 2 N–H and O–H groups in total. The van der Waals surface area contributed by atoms with Gasteiger partial charge in [-0.3, -0.25) is 9.59 Å². The highest BCUT2D eigenvalue weighted by Crippen LogP contribution is 2.37. The highest BCUT2D eigenvalue weighted by Gasteiger charge is 2.30. The normalized spacial score (nSPS) is 16.6. The lowest BCUT2D eigenvalue weighted by Gasteiger charge is -2.19. The van der Waals surface area contributed by atoms with Crippen LogP contribution in [0.25, 0.3) is 0 Å². The fourth-order valence-corrected chi connectivity index (χ4v) is 2.75. The number of nitrogens with one attached hydrogen (secondary N) is 1. The third kappa shape index (κ3) is 3.97. The number of carbonyl (C=O) groups is 2. The number of hydrogen-bond donors (Lipinski definition) is 2. The van der Waals surface area contributed by atoms with Crippen LogP contribution in [0.2, 0.25) is 0 Å². The van der Waals surface area contributed by atoms with E-state index in [4.69, 9.17) is 5.11 Å². The first-order chi connectivity index (χ1) is 10.1. The zero-order valence-electron chi connectivity index (χ0n) is 12.3. The van der Waals surface area contributed by atoms with Crippen LogP contribution in [0.4, 0.5) is 5.69 Å². The van der Waals surface area contributed by atoms with Crippen molar-refractivity contribution in [2.24, 2.45) is 0 Å². The predicted molar refractivity (Wildman–Crippen MR) is 81.6 cm³/mol. The predicted octanol–water partition coefficient (Wildman–Crippen LogP) is 1.98. The maximum atomic E-state index is 11.9. The molecular formula is C16H22N2O3. The molecule has 0 saturated heterocycles. The minimum atomic E-state index is -0.802. The first-order valence-corrected chi connectivity index (χ1v) is 7.44. The van der Waals surface area contributed by atoms with Crippen molar-refractivity contribution in [3.8, 4) is 0 Å². The summed E-state index contributed by atoms with van der Waals surface area (Å²) in [4.78, 5) is 24.9. The van der Waals surface area contributed by atoms with Gasteiger partial charge in [0.25, 0.3) is 0 Å². The Hall–Kier alpha value is -2.04. The molecule has 0 radical (unpaired) electrons. The average Bonchev–Trinajstić information content (AvgIpc) is 2.77. The number of carboxylic acid groups (broad SMARTS) is 1. The van der Waals surface area contributed by atoms with Crippen molar-refractivity contribution in [1.29, 1.82) is 0 Å². The largest absolute Gasteiger partial charge is 0.481 e. The van der Waals surface area contributed by atoms with E-state index in [2.05, 4.69) is 12.2 Å². The first-order valence-electron chi connectivity index (χ1n) is 7.44. The number of fused-ring (bicyclic) bond motifs is 1. The molecule has 5 heteroatoms. The van der Waals surface area contributed by atoms with Crippen LogP contribution in [-0.4, -0.2) is 36.6 Å². The maximum Gasteiger partial charge on any atom is 0.304 e. The zero-order valence-corrected chi connectivity index (χ0v) is 12.3. The average molecular weight is 290 g/mol. The van der Waals surface area contributed by atoms with E-state index >= 15 is 0 Å². The molecule has 1 unspecified atom stereocenters. The second kappa shape index (κ2) is 7.11. The van der Waals surface area contributed by atoms with Crippen LogP contribution < -0.4 is 10.2 Å². The Bertz CT molecular complexity index is 516. The van der Waals surface area contributed by atoms with E-state index in [0.717, 1.165) is 24.1 Å². The van der Waals surface area contributed by atoms with Gasteiger partial charge < -0.3 is 15.3 Å². The van der Waals surface area contributed by atoms with Crippen molar-refractivity contribution >= 4 is 17.6 Å². The summed E-state index contributed by atoms with van der Waals surface area (Å²) in [5.74, 6) is -0.847. The number of carboxylic acids is 1. The van der Waals surface area contributed by atoms with E-state index < -0.39 is 5.97 Å². The van der Waals surface area contributed by atoms with Gasteiger partial charge in [0.2, 0.25) is 5.91 Å². The minimum absolute atomic E-state index is 0.00534. The lowest BCUT2D eigenvalue weighted by Crippen LogP contribution is -2.37. The van der Waals surface area contributed by atoms with Gasteiger partial charge in [0.05, 0.1) is 13.0 Å². The third-order valence-corrected chi connectivity index (χ3v) is 3.77. The number of amides is 1. The molecule has 0 fully saturated rings. The molecule has 1 aliphatic heterocycles. The molecule has 1 amide bonds. The van der Waals surface area contributed by atoms with Gasteiger partial charge in [-0.25, -0.2) is 0 Å². The van der Waals surface area contributed by atoms with Crippen molar-refractivity contribution in [3.05, 3.63) is 29.8 Å². The Kier molecular flexibility index (Phi) is 5.20. The SMILES string of the molecule is CCCCNC(=O)CN1CC(CC(=O)O)c2ccccc21. The molecule has 1 aliphatic rings. The first kappa shape index (κ1) is 15.4. The number of carbonyl (C=O) groups excluding carboxylic acids is 1. The van der Waals surface area contributed by atoms with Crippen LogP contribution in [0.3, 0.4) is 0 Å². The summed E-state index contributed by atoms with van der Waals surface area (Å²) in [5, 5.41) is 11.9. The fourth-order valence-electron chi connectivity index (χ4n) is 2.75. The molecule has 0 aromatic heterocycles. The van der Waals surface area contributed by atoms with Crippen LogP contribution in [0.1, 0.15) is 37.7 Å². The highest BCUT2D eigenvalue weighted by atomic mass is 16.4. The van der Waals surface area contributed by atoms with Crippen molar-refractivity contribution in [2.75, 3.05) is 24.5 Å². The molecular weight excluding hydrogens is 268 g/mol. The molecule has 21 heavy (non-hydrogen) atoms. The van der Waals surface area contributed by atoms with Crippen molar-refractivity contribution in [1.82, 2.24) is 5.32 Å². The summed E-state index contributed by atoms with van der Waals surface area (Å²) >= 11 is 0. The van der Waals surface area contributed by atoms with Crippen molar-refractivity contribution in [2.45, 2.75) is 32.1 Å². The summed E-state index contributed by atoms with van der Waals surface area (Å²) in [6, 6.07) is 7.75. The van der Waals surface area contributed by atoms with Crippen LogP contribution in [0.15, 0.2) is 24.3 Å². The van der Waals surface area contributed by atoms with Gasteiger partial charge in [0.1, 0.15) is 0 Å². The summed E-state index contributed by atoms with van der Waals surface area (Å²) in [6.45, 7) is 3.66. The lowest BCUT2D eigenvalue weighted by atomic mass is 9.98. The number of rotatable bonds is 7. The second-order valence-electron chi connectivity index (χ2n) is 5.44. The number of para-hydroxylation sites is 1. The van der Waals surface area contributed by atoms with Gasteiger partial charge in [-0.05, 0) is 18.1 Å². The Labute approximate surface area is 125 Å². The van der Waals surface area contributed by atoms with Crippen molar-refractivity contribution < 1.29 is 14.7 Å². The molecule has 0 saturated carbocycles. The van der Waals surface area contributed by atoms with E-state index in [1.807, 2.05) is 29.2 Å². The van der Waals surface area contributed by atoms with E-state index in [9.17, 15) is 9.59 Å². The minimum Gasteiger partial charge on any atom is -0.481 e. The van der Waals surface area contributed by atoms with Crippen LogP contribution >= 0.6 is 0 Å². The molecule has 2 rings (SSSR count). The van der Waals surface area contributed by atoms with Gasteiger partial charge in [0, 0.05) is 24.7 Å². The molecule has 1 atom stereocenters. The van der Waals surface area contributed by atoms with Gasteiger partial charge in [-0.2, -0.15) is 0 Å². The molecule has 0 aliphatic carbocycles. The van der Waals surface area contributed by atoms with Crippen LogP contribution in [0, 0.1) is 0 Å². The molecule has 5 nitrogen and oxygen atoms in total. The number of nitrogens with zero attached hydrogens (tertiary/aromatic N) is 1. The molecule has 1 aromatic carbocycles. The Morgan fingerprint density at radius 3 is 2.86 bits per heavy atom. The smallest absolute Gasteiger partial charge is 0.304 e. The fraction of sp³-hybridized carbons (Fsp3) is 0.500. The molecule has 0 spiro atoms. The summed E-state index contributed by atoms with van der Waals surface area (Å²) in [5.41, 5.74) is 2.01. The number of unbranched alkanes of at least 4 members (excludes halogenated alkanes) is 1. The lowest BCUT2D eigenvalue weighted by molar-refractivity contribution is -0.137. The Morgan fingerprint density at radius 1 is 1.38 bits per heavy atom. The van der Waals surface area contributed by atoms with Gasteiger partial charge >= 0.3 is 5.97 Å². The van der Waals surface area contributed by atoms with Gasteiger partial charge in [-0.1, -0.05) is 31.5 Å². The number of benzene rings is 1. The standard InChI is InChI=1S/C16H22N2O3/c1-2-3-8-17-15(19)11-18-10-12(9-16(20)21)13-6-4-5-7-14(13)18/h4-7,12H,2-3,8-11H2,1H3,(H,17,19)(H,20,21). The van der Waals surface area contributed by atoms with Crippen LogP contribution in [0.5, 0.6) is 0 Å². The summed E-state index contributed by atoms with van der Waals surface area (Å²) in [7, 11) is 0. The topological polar surface area (TPSA) is 69.6 Å². The maximum absolute atomic E-state index is 11.9. The van der Waals surface area contributed by atoms with Gasteiger partial charge in [-0.15, -0.1) is 0 Å². The second-order valence-corrected chi connectivity index (χ2v) is 5.44. The number of aliphatic carboxylic acids is 1. The third-order valence-electron chi connectivity index (χ3n) is 3.77. The molecule has 114 valence electrons. The summed E-state index contributed by atoms with van der Waals surface area (Å²) in [6.07, 6.45) is 2.13. The monoisotopic (exact) mass is 290 g/mol. The van der Waals surface area contributed by atoms with Crippen molar-refractivity contribution in [3.63, 3.8) is 0 Å². The molecule has 1 aromatic rings. The zero-order chi connectivity index (χ0) is 15.2. The quantitative estimate of drug-likeness (QED) is 0.753. The highest BCUT2D eigenvalue weighted by molar-refractivity contribution is 5.83. The van der Waals surface area contributed by atoms with E-state index in [1.54, 1.807) is 0 Å². The van der Waals surface area contributed by atoms with E-state index in [0.29, 0.717) is 13.1 Å². The molecule has 1 heterocycles. The number of anilines is 1. The molecule has 0 bridgehead atoms. The Balaban J connectivity index is 2.01. The van der Waals surface area contributed by atoms with E-state index in [-0.39, 0.29) is 24.8 Å².